The molecule has 0 unspecified atom stereocenters. The molecule has 0 heterocycles. The number of nitrogens with two attached hydrogens (primary N) is 1. The quantitative estimate of drug-likeness (QED) is 0.668. The molecule has 152 valence electrons. The highest BCUT2D eigenvalue weighted by Gasteiger charge is 2.19. The Morgan fingerprint density at radius 3 is 2.11 bits per heavy atom. The molecule has 0 fully saturated rings. The normalized spacial score (nSPS) is 10.6. The fraction of sp³-hybridized carbons (Fsp3) is 0.368. The van der Waals surface area contributed by atoms with Crippen LogP contribution in [0.5, 0.6) is 5.75 Å². The molecule has 0 aliphatic heterocycles. The molecule has 2 rings (SSSR count). The summed E-state index contributed by atoms with van der Waals surface area (Å²) >= 11 is 6.08. The van der Waals surface area contributed by atoms with Crippen molar-refractivity contribution in [2.24, 2.45) is 5.73 Å². The van der Waals surface area contributed by atoms with Crippen molar-refractivity contribution in [3.8, 4) is 5.75 Å². The second-order valence-electron chi connectivity index (χ2n) is 6.08. The highest BCUT2D eigenvalue weighted by atomic mass is 35.5. The molecule has 0 aromatic heterocycles. The molecule has 2 aromatic carbocycles. The van der Waals surface area contributed by atoms with Crippen molar-refractivity contribution in [1.82, 2.24) is 0 Å². The van der Waals surface area contributed by atoms with Gasteiger partial charge in [0.25, 0.3) is 0 Å². The van der Waals surface area contributed by atoms with Gasteiger partial charge in [-0.1, -0.05) is 43.1 Å². The molecule has 0 amide bonds. The molecular weight excluding hydrogens is 409 g/mol. The van der Waals surface area contributed by atoms with E-state index in [0.717, 1.165) is 5.56 Å². The Morgan fingerprint density at radius 2 is 1.63 bits per heavy atom. The molecule has 0 spiro atoms. The second-order valence-corrected chi connectivity index (χ2v) is 8.44. The number of benzene rings is 2. The van der Waals surface area contributed by atoms with Crippen LogP contribution in [0.25, 0.3) is 0 Å². The maximum atomic E-state index is 12.5. The van der Waals surface area contributed by atoms with Gasteiger partial charge in [0.15, 0.2) is 0 Å². The van der Waals surface area contributed by atoms with Gasteiger partial charge in [-0.15, -0.1) is 12.4 Å². The predicted molar refractivity (Wildman–Crippen MR) is 112 cm³/mol. The van der Waals surface area contributed by atoms with Crippen LogP contribution < -0.4 is 10.5 Å². The zero-order valence-electron chi connectivity index (χ0n) is 15.7. The van der Waals surface area contributed by atoms with E-state index in [1.54, 1.807) is 24.3 Å². The van der Waals surface area contributed by atoms with Crippen molar-refractivity contribution < 1.29 is 18.3 Å². The molecular formula is C19H27Cl2NO4S. The number of sulfone groups is 1. The summed E-state index contributed by atoms with van der Waals surface area (Å²) in [6, 6.07) is 11.4. The third kappa shape index (κ3) is 8.49. The number of aliphatic hydroxyl groups excluding tert-OH is 1. The van der Waals surface area contributed by atoms with Crippen LogP contribution in [0.15, 0.2) is 52.3 Å². The first-order valence-corrected chi connectivity index (χ1v) is 10.1. The first-order valence-electron chi connectivity index (χ1n) is 8.29. The number of halogens is 2. The standard InChI is InChI=1S/C16H17ClO4S.C3H9N.ClH/c1-12-3-5-13(6-4-12)22(19,20)14-7-8-16(15(17)11-14)21-10-2-9-18;1-3(2)4;/h3-8,11,18H,2,9-10H2,1H3;3H,4H2,1-2H3;1H. The minimum Gasteiger partial charge on any atom is -0.492 e. The summed E-state index contributed by atoms with van der Waals surface area (Å²) in [6.45, 7) is 6.13. The lowest BCUT2D eigenvalue weighted by Gasteiger charge is -2.10. The van der Waals surface area contributed by atoms with E-state index in [4.69, 9.17) is 27.2 Å². The van der Waals surface area contributed by atoms with E-state index < -0.39 is 9.84 Å². The minimum atomic E-state index is -3.60. The van der Waals surface area contributed by atoms with Crippen molar-refractivity contribution in [2.75, 3.05) is 13.2 Å². The van der Waals surface area contributed by atoms with Gasteiger partial charge in [0.1, 0.15) is 5.75 Å². The van der Waals surface area contributed by atoms with Crippen molar-refractivity contribution in [1.29, 1.82) is 0 Å². The molecule has 0 radical (unpaired) electrons. The Balaban J connectivity index is 0.00000123. The maximum absolute atomic E-state index is 12.5. The van der Waals surface area contributed by atoms with E-state index in [2.05, 4.69) is 0 Å². The van der Waals surface area contributed by atoms with Crippen LogP contribution in [-0.4, -0.2) is 32.8 Å². The molecule has 0 aliphatic rings. The number of hydrogen-bond donors (Lipinski definition) is 2. The SMILES string of the molecule is CC(C)N.Cc1ccc(S(=O)(=O)c2ccc(OCCCO)c(Cl)c2)cc1.Cl. The van der Waals surface area contributed by atoms with Crippen molar-refractivity contribution in [3.63, 3.8) is 0 Å². The topological polar surface area (TPSA) is 89.6 Å². The summed E-state index contributed by atoms with van der Waals surface area (Å²) in [5.41, 5.74) is 6.10. The number of aryl methyl sites for hydroxylation is 1. The zero-order chi connectivity index (χ0) is 19.7. The first kappa shape index (κ1) is 25.7. The van der Waals surface area contributed by atoms with E-state index >= 15 is 0 Å². The smallest absolute Gasteiger partial charge is 0.206 e. The van der Waals surface area contributed by atoms with Crippen LogP contribution in [0, 0.1) is 6.92 Å². The largest absolute Gasteiger partial charge is 0.492 e. The summed E-state index contributed by atoms with van der Waals surface area (Å²) in [4.78, 5) is 0.346. The van der Waals surface area contributed by atoms with Crippen LogP contribution in [0.2, 0.25) is 5.02 Å². The molecule has 0 saturated carbocycles. The van der Waals surface area contributed by atoms with Crippen LogP contribution in [0.4, 0.5) is 0 Å². The van der Waals surface area contributed by atoms with Crippen LogP contribution in [0.1, 0.15) is 25.8 Å². The highest BCUT2D eigenvalue weighted by molar-refractivity contribution is 7.91. The number of rotatable bonds is 6. The molecule has 27 heavy (non-hydrogen) atoms. The minimum absolute atomic E-state index is 0. The van der Waals surface area contributed by atoms with Gasteiger partial charge in [-0.2, -0.15) is 0 Å². The van der Waals surface area contributed by atoms with Crippen molar-refractivity contribution >= 4 is 33.8 Å². The summed E-state index contributed by atoms with van der Waals surface area (Å²) in [6.07, 6.45) is 0.486. The first-order chi connectivity index (χ1) is 12.2. The van der Waals surface area contributed by atoms with Crippen molar-refractivity contribution in [2.45, 2.75) is 43.0 Å². The van der Waals surface area contributed by atoms with E-state index in [0.29, 0.717) is 24.8 Å². The number of hydrogen-bond acceptors (Lipinski definition) is 5. The van der Waals surface area contributed by atoms with Gasteiger partial charge < -0.3 is 15.6 Å². The maximum Gasteiger partial charge on any atom is 0.206 e. The summed E-state index contributed by atoms with van der Waals surface area (Å²) in [5.74, 6) is 0.401. The monoisotopic (exact) mass is 435 g/mol. The second kappa shape index (κ2) is 12.2. The van der Waals surface area contributed by atoms with Crippen LogP contribution >= 0.6 is 24.0 Å². The van der Waals surface area contributed by atoms with Crippen LogP contribution in [-0.2, 0) is 9.84 Å². The lowest BCUT2D eigenvalue weighted by Crippen LogP contribution is -2.06. The molecule has 0 saturated heterocycles. The van der Waals surface area contributed by atoms with Gasteiger partial charge in [0, 0.05) is 13.0 Å². The summed E-state index contributed by atoms with van der Waals surface area (Å²) < 4.78 is 30.5. The Kier molecular flexibility index (Phi) is 11.6. The Hall–Kier alpha value is -1.31. The molecule has 0 bridgehead atoms. The number of ether oxygens (including phenoxy) is 1. The zero-order valence-corrected chi connectivity index (χ0v) is 18.1. The Morgan fingerprint density at radius 1 is 1.11 bits per heavy atom. The molecule has 3 N–H and O–H groups in total. The highest BCUT2D eigenvalue weighted by Crippen LogP contribution is 2.30. The van der Waals surface area contributed by atoms with Crippen molar-refractivity contribution in [3.05, 3.63) is 53.1 Å². The average molecular weight is 436 g/mol. The third-order valence-corrected chi connectivity index (χ3v) is 5.17. The van der Waals surface area contributed by atoms with Gasteiger partial charge in [0.05, 0.1) is 21.4 Å². The van der Waals surface area contributed by atoms with Gasteiger partial charge in [-0.25, -0.2) is 8.42 Å². The summed E-state index contributed by atoms with van der Waals surface area (Å²) in [7, 11) is -3.60. The molecule has 0 aliphatic carbocycles. The summed E-state index contributed by atoms with van der Waals surface area (Å²) in [5, 5.41) is 8.95. The van der Waals surface area contributed by atoms with Gasteiger partial charge in [0.2, 0.25) is 9.84 Å². The van der Waals surface area contributed by atoms with Crippen LogP contribution in [0.3, 0.4) is 0 Å². The van der Waals surface area contributed by atoms with Gasteiger partial charge in [-0.05, 0) is 43.3 Å². The van der Waals surface area contributed by atoms with E-state index in [9.17, 15) is 8.42 Å². The lowest BCUT2D eigenvalue weighted by atomic mass is 10.2. The molecule has 0 atom stereocenters. The molecule has 8 heteroatoms. The molecule has 2 aromatic rings. The fourth-order valence-corrected chi connectivity index (χ4v) is 3.45. The number of aliphatic hydroxyl groups is 1. The van der Waals surface area contributed by atoms with E-state index in [-0.39, 0.29) is 33.8 Å². The average Bonchev–Trinajstić information content (AvgIpc) is 2.56. The predicted octanol–water partition coefficient (Wildman–Crippen LogP) is 4.02. The Labute approximate surface area is 172 Å². The van der Waals surface area contributed by atoms with E-state index in [1.165, 1.54) is 18.2 Å². The third-order valence-electron chi connectivity index (χ3n) is 3.10. The molecule has 5 nitrogen and oxygen atoms in total. The lowest BCUT2D eigenvalue weighted by molar-refractivity contribution is 0.233. The van der Waals surface area contributed by atoms with Gasteiger partial charge in [-0.3, -0.25) is 0 Å². The Bertz CT molecular complexity index is 791. The fourth-order valence-electron chi connectivity index (χ4n) is 1.87. The van der Waals surface area contributed by atoms with E-state index in [1.807, 2.05) is 20.8 Å². The van der Waals surface area contributed by atoms with Gasteiger partial charge >= 0.3 is 0 Å².